The van der Waals surface area contributed by atoms with Crippen LogP contribution in [0.2, 0.25) is 0 Å². The van der Waals surface area contributed by atoms with Gasteiger partial charge in [-0.2, -0.15) is 0 Å². The van der Waals surface area contributed by atoms with E-state index in [-0.39, 0.29) is 12.1 Å². The van der Waals surface area contributed by atoms with Gasteiger partial charge in [0.1, 0.15) is 6.04 Å². The van der Waals surface area contributed by atoms with Crippen LogP contribution in [0.25, 0.3) is 0 Å². The number of carbonyl (C=O) groups excluding carboxylic acids is 3. The summed E-state index contributed by atoms with van der Waals surface area (Å²) in [4.78, 5) is 45.9. The van der Waals surface area contributed by atoms with Crippen LogP contribution in [0.4, 0.5) is 0 Å². The summed E-state index contributed by atoms with van der Waals surface area (Å²) in [7, 11) is 1.31. The number of rotatable bonds is 3. The van der Waals surface area contributed by atoms with Crippen LogP contribution in [0.5, 0.6) is 0 Å². The zero-order chi connectivity index (χ0) is 14.2. The van der Waals surface area contributed by atoms with E-state index in [1.54, 1.807) is 0 Å². The largest absolute Gasteiger partial charge is 0.475 e. The minimum atomic E-state index is -1.36. The first-order valence-electron chi connectivity index (χ1n) is 5.21. The van der Waals surface area contributed by atoms with Crippen molar-refractivity contribution in [1.82, 2.24) is 15.4 Å². The minimum absolute atomic E-state index is 0.134. The molecule has 1 saturated heterocycles. The molecule has 2 heterocycles. The Morgan fingerprint density at radius 3 is 2.68 bits per heavy atom. The number of amides is 3. The van der Waals surface area contributed by atoms with Crippen LogP contribution >= 0.6 is 0 Å². The predicted octanol–water partition coefficient (Wildman–Crippen LogP) is -1.14. The lowest BCUT2D eigenvalue weighted by molar-refractivity contribution is -0.137. The topological polar surface area (TPSA) is 130 Å². The minimum Gasteiger partial charge on any atom is -0.475 e. The first-order chi connectivity index (χ1) is 8.90. The third-order valence-corrected chi connectivity index (χ3v) is 2.64. The molecule has 0 spiro atoms. The normalized spacial score (nSPS) is 18.8. The van der Waals surface area contributed by atoms with Gasteiger partial charge < -0.3 is 14.9 Å². The Kier molecular flexibility index (Phi) is 3.03. The molecule has 3 amide bonds. The quantitative estimate of drug-likeness (QED) is 0.662. The number of aromatic nitrogens is 1. The molecule has 1 aliphatic rings. The molecule has 1 unspecified atom stereocenters. The summed E-state index contributed by atoms with van der Waals surface area (Å²) in [5.74, 6) is -3.56. The smallest absolute Gasteiger partial charge is 0.374 e. The molecule has 0 aromatic carbocycles. The van der Waals surface area contributed by atoms with Crippen molar-refractivity contribution in [3.8, 4) is 0 Å². The number of hydrogen-bond acceptors (Lipinski definition) is 6. The van der Waals surface area contributed by atoms with Crippen LogP contribution < -0.4 is 5.32 Å². The fourth-order valence-corrected chi connectivity index (χ4v) is 1.58. The van der Waals surface area contributed by atoms with Gasteiger partial charge in [-0.05, 0) is 0 Å². The molecule has 1 aliphatic heterocycles. The Hall–Kier alpha value is -2.71. The SMILES string of the molecule is CN1C(=O)CC(NC(=O)c2cc(C(=O)O)on2)C1=O. The summed E-state index contributed by atoms with van der Waals surface area (Å²) in [5, 5.41) is 14.2. The molecule has 2 rings (SSSR count). The Labute approximate surface area is 106 Å². The third kappa shape index (κ3) is 2.30. The zero-order valence-corrected chi connectivity index (χ0v) is 9.74. The summed E-state index contributed by atoms with van der Waals surface area (Å²) in [6, 6.07) is -0.0298. The van der Waals surface area contributed by atoms with Gasteiger partial charge in [0.2, 0.25) is 11.7 Å². The maximum atomic E-state index is 11.7. The molecule has 1 aromatic rings. The Morgan fingerprint density at radius 2 is 2.21 bits per heavy atom. The van der Waals surface area contributed by atoms with Crippen molar-refractivity contribution in [2.75, 3.05) is 7.05 Å². The molecule has 1 aromatic heterocycles. The highest BCUT2D eigenvalue weighted by atomic mass is 16.5. The van der Waals surface area contributed by atoms with Gasteiger partial charge in [0.25, 0.3) is 11.8 Å². The van der Waals surface area contributed by atoms with Crippen molar-refractivity contribution in [3.63, 3.8) is 0 Å². The third-order valence-electron chi connectivity index (χ3n) is 2.64. The lowest BCUT2D eigenvalue weighted by Gasteiger charge is -2.09. The second-order valence-electron chi connectivity index (χ2n) is 3.90. The summed E-state index contributed by atoms with van der Waals surface area (Å²) in [6.45, 7) is 0. The van der Waals surface area contributed by atoms with Crippen LogP contribution in [0, 0.1) is 0 Å². The second-order valence-corrected chi connectivity index (χ2v) is 3.90. The Morgan fingerprint density at radius 1 is 1.53 bits per heavy atom. The van der Waals surface area contributed by atoms with E-state index in [0.29, 0.717) is 0 Å². The van der Waals surface area contributed by atoms with Gasteiger partial charge in [0, 0.05) is 13.1 Å². The number of carboxylic acids is 1. The molecule has 100 valence electrons. The maximum absolute atomic E-state index is 11.7. The van der Waals surface area contributed by atoms with Crippen LogP contribution in [0.3, 0.4) is 0 Å². The van der Waals surface area contributed by atoms with E-state index in [1.807, 2.05) is 0 Å². The van der Waals surface area contributed by atoms with Crippen LogP contribution in [0.15, 0.2) is 10.6 Å². The zero-order valence-electron chi connectivity index (χ0n) is 9.74. The molecular formula is C10H9N3O6. The Balaban J connectivity index is 2.07. The summed E-state index contributed by atoms with van der Waals surface area (Å²) >= 11 is 0. The molecule has 9 nitrogen and oxygen atoms in total. The molecule has 0 aliphatic carbocycles. The van der Waals surface area contributed by atoms with Gasteiger partial charge >= 0.3 is 5.97 Å². The Bertz CT molecular complexity index is 578. The van der Waals surface area contributed by atoms with Crippen molar-refractivity contribution in [2.45, 2.75) is 12.5 Å². The molecule has 0 bridgehead atoms. The highest BCUT2D eigenvalue weighted by Crippen LogP contribution is 2.11. The van der Waals surface area contributed by atoms with Gasteiger partial charge in [-0.3, -0.25) is 19.3 Å². The molecular weight excluding hydrogens is 258 g/mol. The number of carbonyl (C=O) groups is 4. The van der Waals surface area contributed by atoms with E-state index in [1.165, 1.54) is 7.05 Å². The molecule has 0 saturated carbocycles. The van der Waals surface area contributed by atoms with E-state index in [0.717, 1.165) is 11.0 Å². The van der Waals surface area contributed by atoms with Gasteiger partial charge in [0.15, 0.2) is 5.69 Å². The summed E-state index contributed by atoms with van der Waals surface area (Å²) in [5.41, 5.74) is -0.271. The number of hydrogen-bond donors (Lipinski definition) is 2. The van der Waals surface area contributed by atoms with Crippen molar-refractivity contribution < 1.29 is 28.8 Å². The van der Waals surface area contributed by atoms with Crippen molar-refractivity contribution >= 4 is 23.7 Å². The number of nitrogens with zero attached hydrogens (tertiary/aromatic N) is 2. The molecule has 19 heavy (non-hydrogen) atoms. The number of likely N-dealkylation sites (N-methyl/N-ethyl adjacent to an activating group) is 1. The van der Waals surface area contributed by atoms with Crippen LogP contribution in [0.1, 0.15) is 27.5 Å². The van der Waals surface area contributed by atoms with E-state index < -0.39 is 35.5 Å². The number of carboxylic acid groups (broad SMARTS) is 1. The average molecular weight is 267 g/mol. The van der Waals surface area contributed by atoms with E-state index in [2.05, 4.69) is 15.0 Å². The van der Waals surface area contributed by atoms with Gasteiger partial charge in [-0.25, -0.2) is 4.79 Å². The molecule has 9 heteroatoms. The van der Waals surface area contributed by atoms with Gasteiger partial charge in [-0.1, -0.05) is 5.16 Å². The van der Waals surface area contributed by atoms with E-state index >= 15 is 0 Å². The highest BCUT2D eigenvalue weighted by molar-refractivity contribution is 6.07. The van der Waals surface area contributed by atoms with Gasteiger partial charge in [0.05, 0.1) is 6.42 Å². The summed E-state index contributed by atoms with van der Waals surface area (Å²) in [6.07, 6.45) is -0.134. The van der Waals surface area contributed by atoms with Gasteiger partial charge in [-0.15, -0.1) is 0 Å². The maximum Gasteiger partial charge on any atom is 0.374 e. The summed E-state index contributed by atoms with van der Waals surface area (Å²) < 4.78 is 4.41. The molecule has 1 fully saturated rings. The van der Waals surface area contributed by atoms with Crippen LogP contribution in [-0.2, 0) is 9.59 Å². The number of aromatic carboxylic acids is 1. The highest BCUT2D eigenvalue weighted by Gasteiger charge is 2.37. The molecule has 1 atom stereocenters. The van der Waals surface area contributed by atoms with Crippen LogP contribution in [-0.4, -0.2) is 51.9 Å². The van der Waals surface area contributed by atoms with Crippen molar-refractivity contribution in [1.29, 1.82) is 0 Å². The lowest BCUT2D eigenvalue weighted by atomic mass is 10.2. The predicted molar refractivity (Wildman–Crippen MR) is 57.1 cm³/mol. The number of likely N-dealkylation sites (tertiary alicyclic amines) is 1. The second kappa shape index (κ2) is 4.52. The van der Waals surface area contributed by atoms with Crippen molar-refractivity contribution in [3.05, 3.63) is 17.5 Å². The first-order valence-corrected chi connectivity index (χ1v) is 5.21. The number of nitrogens with one attached hydrogen (secondary N) is 1. The lowest BCUT2D eigenvalue weighted by Crippen LogP contribution is -2.40. The molecule has 0 radical (unpaired) electrons. The fraction of sp³-hybridized carbons (Fsp3) is 0.300. The average Bonchev–Trinajstić information content (AvgIpc) is 2.92. The number of imide groups is 1. The monoisotopic (exact) mass is 267 g/mol. The molecule has 2 N–H and O–H groups in total. The fourth-order valence-electron chi connectivity index (χ4n) is 1.58. The first kappa shape index (κ1) is 12.7. The van der Waals surface area contributed by atoms with E-state index in [9.17, 15) is 19.2 Å². The standard InChI is InChI=1S/C10H9N3O6/c1-13-7(14)3-5(9(13)16)11-8(15)4-2-6(10(17)18)19-12-4/h2,5H,3H2,1H3,(H,11,15)(H,17,18). The van der Waals surface area contributed by atoms with Crippen molar-refractivity contribution in [2.24, 2.45) is 0 Å². The van der Waals surface area contributed by atoms with E-state index in [4.69, 9.17) is 5.11 Å².